The molecule has 0 bridgehead atoms. The van der Waals surface area contributed by atoms with Crippen molar-refractivity contribution in [1.82, 2.24) is 24.8 Å². The molecule has 0 unspecified atom stereocenters. The molecule has 0 radical (unpaired) electrons. The molecule has 8 nitrogen and oxygen atoms in total. The molecule has 0 spiro atoms. The summed E-state index contributed by atoms with van der Waals surface area (Å²) in [5.74, 6) is 7.10. The third-order valence-corrected chi connectivity index (χ3v) is 5.97. The Morgan fingerprint density at radius 2 is 1.39 bits per heavy atom. The van der Waals surface area contributed by atoms with Crippen LogP contribution < -0.4 is 15.4 Å². The van der Waals surface area contributed by atoms with Gasteiger partial charge in [-0.2, -0.15) is 4.40 Å². The molecule has 31 heavy (non-hydrogen) atoms. The van der Waals surface area contributed by atoms with E-state index in [1.54, 1.807) is 17.4 Å². The Balaban J connectivity index is 1.74. The molecule has 0 fully saturated rings. The Bertz CT molecular complexity index is 1370. The van der Waals surface area contributed by atoms with E-state index in [0.29, 0.717) is 15.0 Å². The highest BCUT2D eigenvalue weighted by Gasteiger charge is 2.27. The van der Waals surface area contributed by atoms with E-state index in [1.807, 2.05) is 65.1 Å². The smallest absolute Gasteiger partial charge is 0.229 e. The maximum absolute atomic E-state index is 6.60. The van der Waals surface area contributed by atoms with E-state index in [9.17, 15) is 0 Å². The van der Waals surface area contributed by atoms with Gasteiger partial charge in [-0.25, -0.2) is 15.8 Å². The van der Waals surface area contributed by atoms with E-state index in [0.717, 1.165) is 27.9 Å². The highest BCUT2D eigenvalue weighted by atomic mass is 79.9. The molecule has 5 aromatic rings. The van der Waals surface area contributed by atoms with Crippen molar-refractivity contribution in [3.8, 4) is 22.3 Å². The third-order valence-electron chi connectivity index (χ3n) is 4.77. The number of hydrogen-bond donors (Lipinski definition) is 1. The summed E-state index contributed by atoms with van der Waals surface area (Å²) >= 11 is 7.13. The van der Waals surface area contributed by atoms with Crippen LogP contribution in [-0.4, -0.2) is 24.8 Å². The van der Waals surface area contributed by atoms with Gasteiger partial charge in [-0.3, -0.25) is 0 Å². The first kappa shape index (κ1) is 19.7. The molecule has 0 aliphatic carbocycles. The Kier molecular flexibility index (Phi) is 5.18. The number of aromatic nitrogens is 6. The molecule has 0 atom stereocenters. The Morgan fingerprint density at radius 1 is 0.774 bits per heavy atom. The molecule has 0 amide bonds. The molecule has 3 heterocycles. The normalized spacial score (nSPS) is 11.1. The van der Waals surface area contributed by atoms with Gasteiger partial charge in [0.25, 0.3) is 5.65 Å². The van der Waals surface area contributed by atoms with Gasteiger partial charge in [0.15, 0.2) is 10.4 Å². The lowest BCUT2D eigenvalue weighted by Gasteiger charge is -2.18. The lowest BCUT2D eigenvalue weighted by atomic mass is 10.1. The first-order valence-electron chi connectivity index (χ1n) is 9.25. The van der Waals surface area contributed by atoms with Gasteiger partial charge in [-0.15, -0.1) is 10.1 Å². The van der Waals surface area contributed by atoms with Gasteiger partial charge in [0, 0.05) is 5.10 Å². The Hall–Kier alpha value is -3.21. The molecule has 5 rings (SSSR count). The molecule has 2 N–H and O–H groups in total. The van der Waals surface area contributed by atoms with Gasteiger partial charge < -0.3 is 0 Å². The van der Waals surface area contributed by atoms with Crippen molar-refractivity contribution in [3.63, 3.8) is 0 Å². The Morgan fingerprint density at radius 3 is 2.06 bits per heavy atom. The topological polar surface area (TPSA) is 89.8 Å². The minimum Gasteiger partial charge on any atom is -0.229 e. The Labute approximate surface area is 194 Å². The van der Waals surface area contributed by atoms with Gasteiger partial charge in [0.05, 0.1) is 11.1 Å². The predicted molar refractivity (Wildman–Crippen MR) is 124 cm³/mol. The van der Waals surface area contributed by atoms with Crippen molar-refractivity contribution >= 4 is 43.3 Å². The van der Waals surface area contributed by atoms with E-state index in [-0.39, 0.29) is 0 Å². The number of benzene rings is 2. The summed E-state index contributed by atoms with van der Waals surface area (Å²) in [5, 5.41) is 5.91. The van der Waals surface area contributed by atoms with Crippen LogP contribution in [0.3, 0.4) is 0 Å². The minimum atomic E-state index is 0.491. The first-order chi connectivity index (χ1) is 15.1. The third kappa shape index (κ3) is 3.48. The van der Waals surface area contributed by atoms with Crippen LogP contribution in [0.15, 0.2) is 88.9 Å². The summed E-state index contributed by atoms with van der Waals surface area (Å²) < 4.78 is 3.13. The molecular weight excluding hydrogens is 524 g/mol. The second kappa shape index (κ2) is 8.14. The molecule has 2 aromatic carbocycles. The number of nitrogens with zero attached hydrogens (tertiary/aromatic N) is 7. The summed E-state index contributed by atoms with van der Waals surface area (Å²) in [7, 11) is 0. The molecule has 0 saturated heterocycles. The van der Waals surface area contributed by atoms with Crippen molar-refractivity contribution in [2.75, 3.05) is 5.12 Å². The monoisotopic (exact) mass is 537 g/mol. The van der Waals surface area contributed by atoms with Crippen LogP contribution in [0.2, 0.25) is 0 Å². The molecular formula is C21H15Br2N8+. The van der Waals surface area contributed by atoms with Gasteiger partial charge in [-0.05, 0) is 47.8 Å². The van der Waals surface area contributed by atoms with Crippen molar-refractivity contribution < 1.29 is 4.40 Å². The summed E-state index contributed by atoms with van der Waals surface area (Å²) in [6.07, 6.45) is 4.79. The summed E-state index contributed by atoms with van der Waals surface area (Å²) in [6, 6.07) is 19.8. The summed E-state index contributed by atoms with van der Waals surface area (Å²) in [4.78, 5) is 14.8. The van der Waals surface area contributed by atoms with Crippen LogP contribution in [0.5, 0.6) is 0 Å². The number of hydrogen-bond acceptors (Lipinski definition) is 6. The number of anilines is 1. The van der Waals surface area contributed by atoms with Gasteiger partial charge in [0.1, 0.15) is 10.9 Å². The van der Waals surface area contributed by atoms with Crippen molar-refractivity contribution in [2.45, 2.75) is 0 Å². The highest BCUT2D eigenvalue weighted by molar-refractivity contribution is 9.10. The van der Waals surface area contributed by atoms with Crippen LogP contribution in [0, 0.1) is 0 Å². The van der Waals surface area contributed by atoms with Crippen LogP contribution in [-0.2, 0) is 0 Å². The number of nitrogens with two attached hydrogens (primary N) is 1. The molecule has 0 aliphatic heterocycles. The van der Waals surface area contributed by atoms with Crippen LogP contribution in [0.1, 0.15) is 0 Å². The standard InChI is InChI=1S/C21H15Br2N8/c22-18-16(14-7-3-1-4-8-14)20(26-11-25-18)30(24)31-21-17(15-9-5-2-6-10-15)19(23)27-12-29(21)13-28-31/h1-13H,24H2/q+1. The van der Waals surface area contributed by atoms with E-state index < -0.39 is 0 Å². The van der Waals surface area contributed by atoms with E-state index in [4.69, 9.17) is 5.84 Å². The second-order valence-corrected chi connectivity index (χ2v) is 8.10. The zero-order valence-corrected chi connectivity index (χ0v) is 19.1. The SMILES string of the molecule is NN(c1ncnc(Br)c1-c1ccccc1)n1nc[n+]2cnc(Br)c(-c3ccccc3)c12. The lowest BCUT2D eigenvalue weighted by molar-refractivity contribution is -0.516. The van der Waals surface area contributed by atoms with Crippen LogP contribution in [0.4, 0.5) is 5.82 Å². The van der Waals surface area contributed by atoms with Crippen molar-refractivity contribution in [2.24, 2.45) is 5.84 Å². The largest absolute Gasteiger partial charge is 0.274 e. The van der Waals surface area contributed by atoms with Crippen LogP contribution in [0.25, 0.3) is 27.9 Å². The minimum absolute atomic E-state index is 0.491. The molecule has 10 heteroatoms. The van der Waals surface area contributed by atoms with Crippen LogP contribution >= 0.6 is 31.9 Å². The summed E-state index contributed by atoms with van der Waals surface area (Å²) in [5.41, 5.74) is 4.24. The molecule has 152 valence electrons. The quantitative estimate of drug-likeness (QED) is 0.162. The fraction of sp³-hybridized carbons (Fsp3) is 0. The number of hydrazine groups is 1. The van der Waals surface area contributed by atoms with Crippen molar-refractivity contribution in [3.05, 3.63) is 88.9 Å². The van der Waals surface area contributed by atoms with Gasteiger partial charge >= 0.3 is 0 Å². The van der Waals surface area contributed by atoms with E-state index in [1.165, 1.54) is 11.4 Å². The van der Waals surface area contributed by atoms with Gasteiger partial charge in [0.2, 0.25) is 12.7 Å². The number of rotatable bonds is 4. The highest BCUT2D eigenvalue weighted by Crippen LogP contribution is 2.34. The number of fused-ring (bicyclic) bond motifs is 1. The zero-order chi connectivity index (χ0) is 21.4. The first-order valence-corrected chi connectivity index (χ1v) is 10.8. The fourth-order valence-electron chi connectivity index (χ4n) is 3.38. The molecule has 3 aromatic heterocycles. The predicted octanol–water partition coefficient (Wildman–Crippen LogP) is 3.81. The molecule has 0 aliphatic rings. The van der Waals surface area contributed by atoms with Crippen molar-refractivity contribution in [1.29, 1.82) is 0 Å². The maximum Gasteiger partial charge on any atom is 0.274 e. The average Bonchev–Trinajstić information content (AvgIpc) is 3.23. The second-order valence-electron chi connectivity index (χ2n) is 6.60. The summed E-state index contributed by atoms with van der Waals surface area (Å²) in [6.45, 7) is 0. The maximum atomic E-state index is 6.60. The number of halogens is 2. The zero-order valence-electron chi connectivity index (χ0n) is 16.0. The van der Waals surface area contributed by atoms with E-state index in [2.05, 4.69) is 51.9 Å². The van der Waals surface area contributed by atoms with Gasteiger partial charge in [-0.1, -0.05) is 60.7 Å². The molecule has 0 saturated carbocycles. The fourth-order valence-corrected chi connectivity index (χ4v) is 4.38. The average molecular weight is 539 g/mol. The van der Waals surface area contributed by atoms with E-state index >= 15 is 0 Å². The lowest BCUT2D eigenvalue weighted by Crippen LogP contribution is -2.40.